The van der Waals surface area contributed by atoms with E-state index in [9.17, 15) is 0 Å². The normalized spacial score (nSPS) is 12.7. The van der Waals surface area contributed by atoms with Crippen molar-refractivity contribution in [1.29, 1.82) is 0 Å². The van der Waals surface area contributed by atoms with Gasteiger partial charge in [-0.25, -0.2) is 11.3 Å². The van der Waals surface area contributed by atoms with E-state index in [2.05, 4.69) is 43.5 Å². The fourth-order valence-electron chi connectivity index (χ4n) is 2.14. The van der Waals surface area contributed by atoms with Gasteiger partial charge in [-0.2, -0.15) is 6.08 Å². The van der Waals surface area contributed by atoms with Gasteiger partial charge < -0.3 is 4.74 Å². The Balaban J connectivity index is 0. The Bertz CT molecular complexity index is 459. The van der Waals surface area contributed by atoms with Crippen LogP contribution in [0.4, 0.5) is 0 Å². The molecule has 0 saturated carbocycles. The van der Waals surface area contributed by atoms with E-state index in [1.807, 2.05) is 12.1 Å². The average Bonchev–Trinajstić information content (AvgIpc) is 2.83. The number of methoxy groups -OCH3 is 1. The SMILES string of the molecule is COc1ccccc1[Si](C)(C)C1=[C-]CC=C1.Cl.Cl.[Ti]. The minimum Gasteiger partial charge on any atom is -0.497 e. The van der Waals surface area contributed by atoms with E-state index in [1.165, 1.54) is 10.4 Å². The molecule has 0 bridgehead atoms. The molecule has 0 unspecified atom stereocenters. The van der Waals surface area contributed by atoms with Crippen LogP contribution in [0.15, 0.2) is 41.6 Å². The van der Waals surface area contributed by atoms with Crippen LogP contribution in [-0.4, -0.2) is 15.2 Å². The van der Waals surface area contributed by atoms with Gasteiger partial charge in [-0.15, -0.1) is 31.2 Å². The summed E-state index contributed by atoms with van der Waals surface area (Å²) in [5.41, 5.74) is 0. The number of ether oxygens (including phenoxy) is 1. The van der Waals surface area contributed by atoms with E-state index in [4.69, 9.17) is 4.74 Å². The van der Waals surface area contributed by atoms with Crippen molar-refractivity contribution in [3.8, 4) is 5.75 Å². The number of para-hydroxylation sites is 1. The van der Waals surface area contributed by atoms with Crippen LogP contribution in [0.3, 0.4) is 0 Å². The van der Waals surface area contributed by atoms with Crippen LogP contribution < -0.4 is 9.92 Å². The monoisotopic (exact) mass is 349 g/mol. The number of hydrogen-bond acceptors (Lipinski definition) is 1. The molecule has 104 valence electrons. The summed E-state index contributed by atoms with van der Waals surface area (Å²) in [5, 5.41) is 2.74. The summed E-state index contributed by atoms with van der Waals surface area (Å²) in [4.78, 5) is 0. The van der Waals surface area contributed by atoms with Crippen molar-refractivity contribution in [3.05, 3.63) is 47.7 Å². The van der Waals surface area contributed by atoms with Crippen molar-refractivity contribution in [2.45, 2.75) is 19.5 Å². The number of benzene rings is 1. The molecule has 0 amide bonds. The van der Waals surface area contributed by atoms with Gasteiger partial charge in [0.1, 0.15) is 5.75 Å². The van der Waals surface area contributed by atoms with Gasteiger partial charge in [-0.05, 0) is 11.3 Å². The second kappa shape index (κ2) is 9.04. The number of halogens is 2. The standard InChI is InChI=1S/C14H17OSi.2ClH.Ti/c1-15-13-10-6-7-11-14(13)16(2,3)12-8-4-5-9-12;;;/h4,6-8,10-11H,5H2,1-3H3;2*1H;/q-1;;;. The molecule has 0 aliphatic heterocycles. The molecule has 1 aliphatic rings. The summed E-state index contributed by atoms with van der Waals surface area (Å²) < 4.78 is 5.46. The first-order valence-electron chi connectivity index (χ1n) is 5.57. The third-order valence-electron chi connectivity index (χ3n) is 3.15. The summed E-state index contributed by atoms with van der Waals surface area (Å²) in [6, 6.07) is 8.34. The Morgan fingerprint density at radius 1 is 1.16 bits per heavy atom. The van der Waals surface area contributed by atoms with Crippen molar-refractivity contribution >= 4 is 38.1 Å². The fraction of sp³-hybridized carbons (Fsp3) is 0.286. The van der Waals surface area contributed by atoms with Gasteiger partial charge in [0.15, 0.2) is 0 Å². The summed E-state index contributed by atoms with van der Waals surface area (Å²) in [6.07, 6.45) is 8.82. The van der Waals surface area contributed by atoms with E-state index < -0.39 is 8.07 Å². The van der Waals surface area contributed by atoms with Crippen LogP contribution in [0.25, 0.3) is 0 Å². The average molecular weight is 350 g/mol. The summed E-state index contributed by atoms with van der Waals surface area (Å²) in [6.45, 7) is 4.70. The van der Waals surface area contributed by atoms with Gasteiger partial charge in [0.2, 0.25) is 0 Å². The number of rotatable bonds is 3. The Morgan fingerprint density at radius 2 is 1.79 bits per heavy atom. The Labute approximate surface area is 144 Å². The van der Waals surface area contributed by atoms with Gasteiger partial charge in [-0.1, -0.05) is 31.3 Å². The molecule has 1 aliphatic carbocycles. The topological polar surface area (TPSA) is 9.23 Å². The fourth-order valence-corrected chi connectivity index (χ4v) is 4.82. The summed E-state index contributed by atoms with van der Waals surface area (Å²) >= 11 is 0. The van der Waals surface area contributed by atoms with E-state index in [-0.39, 0.29) is 46.5 Å². The summed E-state index contributed by atoms with van der Waals surface area (Å²) in [5.74, 6) is 1.01. The minimum absolute atomic E-state index is 0. The predicted molar refractivity (Wildman–Crippen MR) is 85.1 cm³/mol. The molecule has 19 heavy (non-hydrogen) atoms. The van der Waals surface area contributed by atoms with Crippen LogP contribution in [-0.2, 0) is 21.7 Å². The van der Waals surface area contributed by atoms with Crippen LogP contribution in [0.5, 0.6) is 5.75 Å². The van der Waals surface area contributed by atoms with Crippen LogP contribution in [0.1, 0.15) is 6.42 Å². The maximum absolute atomic E-state index is 5.46. The second-order valence-electron chi connectivity index (χ2n) is 4.52. The molecule has 1 aromatic rings. The Hall–Kier alpha value is 0.0112. The van der Waals surface area contributed by atoms with Gasteiger partial charge in [0.25, 0.3) is 0 Å². The Kier molecular flexibility index (Phi) is 10.1. The zero-order chi connectivity index (χ0) is 11.6. The van der Waals surface area contributed by atoms with Crippen LogP contribution in [0.2, 0.25) is 13.1 Å². The van der Waals surface area contributed by atoms with Crippen molar-refractivity contribution in [1.82, 2.24) is 0 Å². The molecule has 0 fully saturated rings. The maximum atomic E-state index is 5.46. The summed E-state index contributed by atoms with van der Waals surface area (Å²) in [7, 11) is 0.124. The molecule has 0 N–H and O–H groups in total. The number of hydrogen-bond donors (Lipinski definition) is 0. The second-order valence-corrected chi connectivity index (χ2v) is 8.85. The zero-order valence-electron chi connectivity index (χ0n) is 11.4. The third-order valence-corrected chi connectivity index (χ3v) is 6.60. The van der Waals surface area contributed by atoms with Gasteiger partial charge >= 0.3 is 0 Å². The maximum Gasteiger partial charge on any atom is 0.118 e. The zero-order valence-corrected chi connectivity index (χ0v) is 15.6. The van der Waals surface area contributed by atoms with Crippen molar-refractivity contribution in [2.24, 2.45) is 0 Å². The Morgan fingerprint density at radius 3 is 2.32 bits per heavy atom. The molecular weight excluding hydrogens is 331 g/mol. The van der Waals surface area contributed by atoms with Crippen LogP contribution >= 0.6 is 24.8 Å². The van der Waals surface area contributed by atoms with Crippen molar-refractivity contribution in [3.63, 3.8) is 0 Å². The van der Waals surface area contributed by atoms with Gasteiger partial charge in [0.05, 0.1) is 15.2 Å². The van der Waals surface area contributed by atoms with Gasteiger partial charge in [0, 0.05) is 21.7 Å². The van der Waals surface area contributed by atoms with Crippen molar-refractivity contribution in [2.75, 3.05) is 7.11 Å². The largest absolute Gasteiger partial charge is 0.497 e. The molecule has 0 heterocycles. The van der Waals surface area contributed by atoms with E-state index in [1.54, 1.807) is 7.11 Å². The molecule has 1 aromatic carbocycles. The minimum atomic E-state index is -1.62. The molecule has 0 atom stereocenters. The molecule has 0 saturated heterocycles. The molecule has 1 nitrogen and oxygen atoms in total. The molecule has 2 rings (SSSR count). The molecular formula is C14H19Cl2OSiTi-. The number of allylic oxidation sites excluding steroid dienone is 4. The molecule has 0 spiro atoms. The van der Waals surface area contributed by atoms with E-state index in [0.717, 1.165) is 12.2 Å². The first-order chi connectivity index (χ1) is 7.66. The molecule has 5 heteroatoms. The first-order valence-corrected chi connectivity index (χ1v) is 8.57. The quantitative estimate of drug-likeness (QED) is 0.597. The van der Waals surface area contributed by atoms with Crippen molar-refractivity contribution < 1.29 is 26.5 Å². The first kappa shape index (κ1) is 21.3. The molecule has 0 aromatic heterocycles. The van der Waals surface area contributed by atoms with Crippen LogP contribution in [0, 0.1) is 6.08 Å². The predicted octanol–water partition coefficient (Wildman–Crippen LogP) is 3.68. The molecule has 0 radical (unpaired) electrons. The van der Waals surface area contributed by atoms with E-state index in [0.29, 0.717) is 0 Å². The third kappa shape index (κ3) is 4.51. The van der Waals surface area contributed by atoms with E-state index >= 15 is 0 Å². The van der Waals surface area contributed by atoms with Gasteiger partial charge in [-0.3, -0.25) is 6.08 Å². The smallest absolute Gasteiger partial charge is 0.118 e.